The number of carboxylic acid groups (broad SMARTS) is 1. The lowest BCUT2D eigenvalue weighted by Gasteiger charge is -2.26. The lowest BCUT2D eigenvalue weighted by molar-refractivity contribution is 0.0696. The molecule has 1 heterocycles. The van der Waals surface area contributed by atoms with Crippen LogP contribution in [0.3, 0.4) is 0 Å². The molecule has 0 saturated heterocycles. The number of pyridine rings is 1. The molecule has 0 saturated carbocycles. The molecular formula is C16H15ClN2O2. The Bertz CT molecular complexity index is 688. The predicted octanol–water partition coefficient (Wildman–Crippen LogP) is 3.40. The summed E-state index contributed by atoms with van der Waals surface area (Å²) in [6, 6.07) is 10.1. The zero-order valence-corrected chi connectivity index (χ0v) is 12.1. The number of nitrogens with one attached hydrogen (secondary N) is 1. The second-order valence-electron chi connectivity index (χ2n) is 5.21. The van der Waals surface area contributed by atoms with Crippen LogP contribution in [0.1, 0.15) is 27.9 Å². The number of aromatic carboxylic acids is 1. The largest absolute Gasteiger partial charge is 0.478 e. The van der Waals surface area contributed by atoms with E-state index in [1.165, 1.54) is 23.4 Å². The number of hydrogen-bond donors (Lipinski definition) is 2. The zero-order chi connectivity index (χ0) is 14.8. The van der Waals surface area contributed by atoms with Crippen LogP contribution in [0.4, 0.5) is 5.82 Å². The van der Waals surface area contributed by atoms with Crippen molar-refractivity contribution in [2.75, 3.05) is 5.32 Å². The maximum absolute atomic E-state index is 10.9. The summed E-state index contributed by atoms with van der Waals surface area (Å²) in [7, 11) is 0. The summed E-state index contributed by atoms with van der Waals surface area (Å²) in [4.78, 5) is 15.0. The molecule has 5 heteroatoms. The van der Waals surface area contributed by atoms with Crippen LogP contribution in [0.2, 0.25) is 5.02 Å². The van der Waals surface area contributed by atoms with Crippen molar-refractivity contribution < 1.29 is 9.90 Å². The van der Waals surface area contributed by atoms with Gasteiger partial charge in [-0.25, -0.2) is 9.78 Å². The van der Waals surface area contributed by atoms with Crippen molar-refractivity contribution in [1.82, 2.24) is 4.98 Å². The molecule has 3 rings (SSSR count). The summed E-state index contributed by atoms with van der Waals surface area (Å²) in [5.74, 6) is -0.478. The molecule has 21 heavy (non-hydrogen) atoms. The molecule has 1 aromatic heterocycles. The highest BCUT2D eigenvalue weighted by atomic mass is 35.5. The van der Waals surface area contributed by atoms with Gasteiger partial charge in [0.25, 0.3) is 0 Å². The molecule has 0 bridgehead atoms. The summed E-state index contributed by atoms with van der Waals surface area (Å²) in [5.41, 5.74) is 2.84. The number of nitrogens with zero attached hydrogens (tertiary/aromatic N) is 1. The van der Waals surface area contributed by atoms with Gasteiger partial charge in [0, 0.05) is 12.2 Å². The first kappa shape index (κ1) is 13.9. The Morgan fingerprint density at radius 3 is 2.81 bits per heavy atom. The molecule has 0 amide bonds. The number of aryl methyl sites for hydroxylation is 1. The topological polar surface area (TPSA) is 62.2 Å². The van der Waals surface area contributed by atoms with E-state index in [4.69, 9.17) is 16.7 Å². The van der Waals surface area contributed by atoms with E-state index in [-0.39, 0.29) is 11.6 Å². The average molecular weight is 303 g/mol. The lowest BCUT2D eigenvalue weighted by atomic mass is 9.88. The molecule has 1 aromatic carbocycles. The quantitative estimate of drug-likeness (QED) is 0.912. The van der Waals surface area contributed by atoms with Gasteiger partial charge < -0.3 is 10.4 Å². The van der Waals surface area contributed by atoms with Crippen molar-refractivity contribution >= 4 is 23.4 Å². The summed E-state index contributed by atoms with van der Waals surface area (Å²) < 4.78 is 0. The fraction of sp³-hybridized carbons (Fsp3) is 0.250. The molecule has 0 fully saturated rings. The molecule has 4 nitrogen and oxygen atoms in total. The minimum Gasteiger partial charge on any atom is -0.478 e. The number of benzene rings is 1. The fourth-order valence-electron chi connectivity index (χ4n) is 2.68. The fourth-order valence-corrected chi connectivity index (χ4v) is 2.90. The number of halogens is 1. The van der Waals surface area contributed by atoms with E-state index in [1.807, 2.05) is 6.07 Å². The van der Waals surface area contributed by atoms with Crippen molar-refractivity contribution in [2.45, 2.75) is 25.3 Å². The van der Waals surface area contributed by atoms with Crippen molar-refractivity contribution in [2.24, 2.45) is 0 Å². The maximum atomic E-state index is 10.9. The molecule has 1 aliphatic rings. The van der Waals surface area contributed by atoms with E-state index in [0.717, 1.165) is 19.3 Å². The minimum absolute atomic E-state index is 0.0968. The van der Waals surface area contributed by atoms with Gasteiger partial charge in [0.2, 0.25) is 0 Å². The summed E-state index contributed by atoms with van der Waals surface area (Å²) in [5, 5.41) is 12.6. The average Bonchev–Trinajstić information content (AvgIpc) is 2.49. The van der Waals surface area contributed by atoms with E-state index in [9.17, 15) is 4.79 Å². The molecule has 0 spiro atoms. The minimum atomic E-state index is -1.03. The molecule has 0 aliphatic heterocycles. The Balaban J connectivity index is 1.75. The first-order valence-electron chi connectivity index (χ1n) is 6.85. The van der Waals surface area contributed by atoms with Crippen LogP contribution in [-0.4, -0.2) is 22.1 Å². The number of aromatic nitrogens is 1. The molecule has 2 N–H and O–H groups in total. The molecule has 108 valence electrons. The maximum Gasteiger partial charge on any atom is 0.337 e. The number of carboxylic acids is 1. The predicted molar refractivity (Wildman–Crippen MR) is 82.1 cm³/mol. The van der Waals surface area contributed by atoms with Gasteiger partial charge in [-0.3, -0.25) is 0 Å². The number of fused-ring (bicyclic) bond motifs is 1. The summed E-state index contributed by atoms with van der Waals surface area (Å²) >= 11 is 6.10. The van der Waals surface area contributed by atoms with Gasteiger partial charge in [-0.15, -0.1) is 0 Å². The Morgan fingerprint density at radius 2 is 2.10 bits per heavy atom. The van der Waals surface area contributed by atoms with Gasteiger partial charge in [0.1, 0.15) is 5.82 Å². The number of rotatable bonds is 3. The third kappa shape index (κ3) is 3.00. The van der Waals surface area contributed by atoms with Crippen molar-refractivity contribution in [3.05, 3.63) is 58.2 Å². The smallest absolute Gasteiger partial charge is 0.337 e. The SMILES string of the molecule is O=C(O)c1cnc(NC2CCc3ccccc3C2)c(Cl)c1. The second kappa shape index (κ2) is 5.74. The highest BCUT2D eigenvalue weighted by Gasteiger charge is 2.19. The molecule has 1 atom stereocenters. The van der Waals surface area contributed by atoms with Crippen molar-refractivity contribution in [1.29, 1.82) is 0 Å². The second-order valence-corrected chi connectivity index (χ2v) is 5.62. The van der Waals surface area contributed by atoms with E-state index < -0.39 is 5.97 Å². The van der Waals surface area contributed by atoms with Crippen LogP contribution >= 0.6 is 11.6 Å². The molecular weight excluding hydrogens is 288 g/mol. The Kier molecular flexibility index (Phi) is 3.80. The molecule has 1 unspecified atom stereocenters. The zero-order valence-electron chi connectivity index (χ0n) is 11.3. The van der Waals surface area contributed by atoms with Gasteiger partial charge in [-0.1, -0.05) is 35.9 Å². The van der Waals surface area contributed by atoms with Crippen LogP contribution in [0.5, 0.6) is 0 Å². The van der Waals surface area contributed by atoms with E-state index in [2.05, 4.69) is 28.5 Å². The Morgan fingerprint density at radius 1 is 1.33 bits per heavy atom. The number of hydrogen-bond acceptors (Lipinski definition) is 3. The summed E-state index contributed by atoms with van der Waals surface area (Å²) in [6.45, 7) is 0. The highest BCUT2D eigenvalue weighted by molar-refractivity contribution is 6.33. The third-order valence-corrected chi connectivity index (χ3v) is 4.06. The normalized spacial score (nSPS) is 17.1. The standard InChI is InChI=1S/C16H15ClN2O2/c17-14-8-12(16(20)21)9-18-15(14)19-13-6-5-10-3-1-2-4-11(10)7-13/h1-4,8-9,13H,5-7H2,(H,18,19)(H,20,21). The lowest BCUT2D eigenvalue weighted by Crippen LogP contribution is -2.27. The monoisotopic (exact) mass is 302 g/mol. The highest BCUT2D eigenvalue weighted by Crippen LogP contribution is 2.26. The van der Waals surface area contributed by atoms with Crippen LogP contribution in [0.25, 0.3) is 0 Å². The first-order chi connectivity index (χ1) is 10.1. The van der Waals surface area contributed by atoms with Gasteiger partial charge in [0.05, 0.1) is 10.6 Å². The molecule has 2 aromatic rings. The molecule has 1 aliphatic carbocycles. The van der Waals surface area contributed by atoms with Crippen LogP contribution < -0.4 is 5.32 Å². The van der Waals surface area contributed by atoms with Gasteiger partial charge in [-0.05, 0) is 36.5 Å². The van der Waals surface area contributed by atoms with E-state index in [1.54, 1.807) is 0 Å². The van der Waals surface area contributed by atoms with Crippen LogP contribution in [0.15, 0.2) is 36.5 Å². The Hall–Kier alpha value is -2.07. The van der Waals surface area contributed by atoms with Crippen LogP contribution in [0, 0.1) is 0 Å². The molecule has 0 radical (unpaired) electrons. The van der Waals surface area contributed by atoms with Gasteiger partial charge >= 0.3 is 5.97 Å². The number of anilines is 1. The first-order valence-corrected chi connectivity index (χ1v) is 7.23. The number of carbonyl (C=O) groups is 1. The van der Waals surface area contributed by atoms with Crippen LogP contribution in [-0.2, 0) is 12.8 Å². The van der Waals surface area contributed by atoms with Gasteiger partial charge in [0.15, 0.2) is 0 Å². The van der Waals surface area contributed by atoms with Crippen molar-refractivity contribution in [3.63, 3.8) is 0 Å². The van der Waals surface area contributed by atoms with E-state index in [0.29, 0.717) is 10.8 Å². The van der Waals surface area contributed by atoms with Gasteiger partial charge in [-0.2, -0.15) is 0 Å². The Labute approximate surface area is 127 Å². The summed E-state index contributed by atoms with van der Waals surface area (Å²) in [6.07, 6.45) is 4.29. The van der Waals surface area contributed by atoms with E-state index >= 15 is 0 Å². The van der Waals surface area contributed by atoms with Crippen molar-refractivity contribution in [3.8, 4) is 0 Å². The third-order valence-electron chi connectivity index (χ3n) is 3.78.